The van der Waals surface area contributed by atoms with Crippen molar-refractivity contribution in [3.63, 3.8) is 0 Å². The molecule has 0 aliphatic carbocycles. The predicted octanol–water partition coefficient (Wildman–Crippen LogP) is 1.70. The summed E-state index contributed by atoms with van der Waals surface area (Å²) < 4.78 is 22.4. The molecule has 122 valence electrons. The maximum absolute atomic E-state index is 12.0. The Hall–Kier alpha value is -1.90. The number of thioether (sulfide) groups is 1. The van der Waals surface area contributed by atoms with Gasteiger partial charge in [-0.05, 0) is 36.8 Å². The Morgan fingerprint density at radius 2 is 1.96 bits per heavy atom. The van der Waals surface area contributed by atoms with Crippen molar-refractivity contribution in [2.75, 3.05) is 5.75 Å². The molecule has 0 unspecified atom stereocenters. The summed E-state index contributed by atoms with van der Waals surface area (Å²) >= 11 is 1.35. The summed E-state index contributed by atoms with van der Waals surface area (Å²) in [6, 6.07) is 11.4. The van der Waals surface area contributed by atoms with Crippen molar-refractivity contribution in [1.82, 2.24) is 10.3 Å². The van der Waals surface area contributed by atoms with Crippen LogP contribution in [0, 0.1) is 0 Å². The minimum absolute atomic E-state index is 0.0467. The average Bonchev–Trinajstić information content (AvgIpc) is 2.53. The van der Waals surface area contributed by atoms with Crippen LogP contribution in [0.25, 0.3) is 0 Å². The average molecular weight is 351 g/mol. The fraction of sp³-hybridized carbons (Fsp3) is 0.200. The first kappa shape index (κ1) is 17.5. The van der Waals surface area contributed by atoms with Gasteiger partial charge >= 0.3 is 0 Å². The van der Waals surface area contributed by atoms with E-state index in [2.05, 4.69) is 10.3 Å². The highest BCUT2D eigenvalue weighted by molar-refractivity contribution is 7.99. The van der Waals surface area contributed by atoms with Gasteiger partial charge in [0.1, 0.15) is 0 Å². The number of carbonyl (C=O) groups is 1. The first-order valence-corrected chi connectivity index (χ1v) is 9.35. The summed E-state index contributed by atoms with van der Waals surface area (Å²) in [7, 11) is -3.71. The zero-order chi connectivity index (χ0) is 16.9. The lowest BCUT2D eigenvalue weighted by Gasteiger charge is -2.14. The van der Waals surface area contributed by atoms with Crippen LogP contribution in [-0.2, 0) is 14.8 Å². The third kappa shape index (κ3) is 5.34. The Morgan fingerprint density at radius 3 is 2.52 bits per heavy atom. The molecular formula is C15H17N3O3S2. The van der Waals surface area contributed by atoms with Gasteiger partial charge in [0, 0.05) is 6.20 Å². The highest BCUT2D eigenvalue weighted by Crippen LogP contribution is 2.17. The van der Waals surface area contributed by atoms with Gasteiger partial charge in [-0.3, -0.25) is 4.79 Å². The number of sulfonamides is 1. The number of nitrogens with two attached hydrogens (primary N) is 1. The molecule has 0 bridgehead atoms. The van der Waals surface area contributed by atoms with Crippen LogP contribution in [0.15, 0.2) is 58.6 Å². The predicted molar refractivity (Wildman–Crippen MR) is 89.3 cm³/mol. The molecule has 0 fully saturated rings. The number of aromatic nitrogens is 1. The maximum atomic E-state index is 12.0. The number of primary sulfonamides is 1. The monoisotopic (exact) mass is 351 g/mol. The largest absolute Gasteiger partial charge is 0.349 e. The fourth-order valence-corrected chi connectivity index (χ4v) is 3.07. The lowest BCUT2D eigenvalue weighted by molar-refractivity contribution is -0.119. The van der Waals surface area contributed by atoms with Gasteiger partial charge in [0.25, 0.3) is 0 Å². The van der Waals surface area contributed by atoms with Crippen molar-refractivity contribution in [1.29, 1.82) is 0 Å². The molecule has 0 spiro atoms. The summed E-state index contributed by atoms with van der Waals surface area (Å²) in [5.74, 6) is 0.139. The standard InChI is InChI=1S/C15H17N3O3S2/c1-11(12-5-7-13(8-6-12)23(16,20)21)18-14(19)10-22-15-4-2-3-9-17-15/h2-9,11H,10H2,1H3,(H,18,19)(H2,16,20,21)/t11-/m0/s1. The molecule has 1 aromatic carbocycles. The minimum atomic E-state index is -3.71. The number of amides is 1. The molecule has 1 heterocycles. The molecule has 3 N–H and O–H groups in total. The van der Waals surface area contributed by atoms with Crippen LogP contribution in [0.3, 0.4) is 0 Å². The Kier molecular flexibility index (Phi) is 5.75. The topological polar surface area (TPSA) is 102 Å². The summed E-state index contributed by atoms with van der Waals surface area (Å²) in [6.07, 6.45) is 1.68. The number of hydrogen-bond donors (Lipinski definition) is 2. The molecule has 0 aliphatic heterocycles. The first-order valence-electron chi connectivity index (χ1n) is 6.82. The van der Waals surface area contributed by atoms with E-state index in [1.165, 1.54) is 23.9 Å². The zero-order valence-electron chi connectivity index (χ0n) is 12.5. The van der Waals surface area contributed by atoms with Crippen molar-refractivity contribution in [3.8, 4) is 0 Å². The molecule has 1 amide bonds. The highest BCUT2D eigenvalue weighted by Gasteiger charge is 2.12. The summed E-state index contributed by atoms with van der Waals surface area (Å²) in [5.41, 5.74) is 0.800. The SMILES string of the molecule is C[C@H](NC(=O)CSc1ccccn1)c1ccc(S(N)(=O)=O)cc1. The molecule has 0 saturated heterocycles. The Morgan fingerprint density at radius 1 is 1.26 bits per heavy atom. The molecule has 2 aromatic rings. The molecule has 0 aliphatic rings. The van der Waals surface area contributed by atoms with Gasteiger partial charge < -0.3 is 5.32 Å². The second-order valence-corrected chi connectivity index (χ2v) is 7.42. The van der Waals surface area contributed by atoms with Crippen LogP contribution in [0.1, 0.15) is 18.5 Å². The molecule has 23 heavy (non-hydrogen) atoms. The third-order valence-electron chi connectivity index (χ3n) is 3.08. The van der Waals surface area contributed by atoms with Crippen molar-refractivity contribution in [2.45, 2.75) is 22.9 Å². The van der Waals surface area contributed by atoms with E-state index in [0.29, 0.717) is 0 Å². The van der Waals surface area contributed by atoms with Gasteiger partial charge in [0.2, 0.25) is 15.9 Å². The van der Waals surface area contributed by atoms with E-state index in [4.69, 9.17) is 5.14 Å². The van der Waals surface area contributed by atoms with Crippen LogP contribution in [-0.4, -0.2) is 25.1 Å². The molecule has 0 saturated carbocycles. The number of nitrogens with one attached hydrogen (secondary N) is 1. The highest BCUT2D eigenvalue weighted by atomic mass is 32.2. The van der Waals surface area contributed by atoms with Crippen molar-refractivity contribution in [2.24, 2.45) is 5.14 Å². The Labute approximate surface area is 139 Å². The quantitative estimate of drug-likeness (QED) is 0.771. The molecule has 8 heteroatoms. The summed E-state index contributed by atoms with van der Waals surface area (Å²) in [5, 5.41) is 8.69. The van der Waals surface area contributed by atoms with E-state index in [9.17, 15) is 13.2 Å². The molecule has 2 rings (SSSR count). The van der Waals surface area contributed by atoms with Crippen molar-refractivity contribution in [3.05, 3.63) is 54.2 Å². The van der Waals surface area contributed by atoms with Crippen LogP contribution < -0.4 is 10.5 Å². The van der Waals surface area contributed by atoms with E-state index in [-0.39, 0.29) is 22.6 Å². The number of pyridine rings is 1. The second kappa shape index (κ2) is 7.58. The molecule has 6 nitrogen and oxygen atoms in total. The van der Waals surface area contributed by atoms with Gasteiger partial charge in [0.15, 0.2) is 0 Å². The minimum Gasteiger partial charge on any atom is -0.349 e. The lowest BCUT2D eigenvalue weighted by atomic mass is 10.1. The van der Waals surface area contributed by atoms with Crippen LogP contribution in [0.4, 0.5) is 0 Å². The molecular weight excluding hydrogens is 334 g/mol. The summed E-state index contributed by atoms with van der Waals surface area (Å²) in [6.45, 7) is 1.83. The van der Waals surface area contributed by atoms with Crippen LogP contribution in [0.2, 0.25) is 0 Å². The first-order chi connectivity index (χ1) is 10.9. The van der Waals surface area contributed by atoms with E-state index >= 15 is 0 Å². The number of nitrogens with zero attached hydrogens (tertiary/aromatic N) is 1. The van der Waals surface area contributed by atoms with Crippen molar-refractivity contribution < 1.29 is 13.2 Å². The van der Waals surface area contributed by atoms with Gasteiger partial charge in [0.05, 0.1) is 21.7 Å². The number of benzene rings is 1. The Balaban J connectivity index is 1.90. The molecule has 0 radical (unpaired) electrons. The molecule has 1 aromatic heterocycles. The van der Waals surface area contributed by atoms with E-state index in [0.717, 1.165) is 10.6 Å². The zero-order valence-corrected chi connectivity index (χ0v) is 14.1. The van der Waals surface area contributed by atoms with E-state index in [1.54, 1.807) is 18.3 Å². The van der Waals surface area contributed by atoms with Gasteiger partial charge in [-0.15, -0.1) is 0 Å². The van der Waals surface area contributed by atoms with Crippen LogP contribution in [0.5, 0.6) is 0 Å². The normalized spacial score (nSPS) is 12.6. The third-order valence-corrected chi connectivity index (χ3v) is 4.95. The Bertz CT molecular complexity index is 762. The van der Waals surface area contributed by atoms with Gasteiger partial charge in [-0.2, -0.15) is 0 Å². The number of carbonyl (C=O) groups excluding carboxylic acids is 1. The van der Waals surface area contributed by atoms with Crippen molar-refractivity contribution >= 4 is 27.7 Å². The lowest BCUT2D eigenvalue weighted by Crippen LogP contribution is -2.28. The molecule has 1 atom stereocenters. The number of rotatable bonds is 6. The smallest absolute Gasteiger partial charge is 0.238 e. The van der Waals surface area contributed by atoms with Gasteiger partial charge in [-0.1, -0.05) is 30.0 Å². The maximum Gasteiger partial charge on any atom is 0.238 e. The summed E-state index contributed by atoms with van der Waals surface area (Å²) in [4.78, 5) is 16.1. The van der Waals surface area contributed by atoms with Gasteiger partial charge in [-0.25, -0.2) is 18.5 Å². The number of hydrogen-bond acceptors (Lipinski definition) is 5. The van der Waals surface area contributed by atoms with E-state index in [1.807, 2.05) is 25.1 Å². The fourth-order valence-electron chi connectivity index (χ4n) is 1.88. The van der Waals surface area contributed by atoms with E-state index < -0.39 is 10.0 Å². The second-order valence-electron chi connectivity index (χ2n) is 4.86. The van der Waals surface area contributed by atoms with Crippen LogP contribution >= 0.6 is 11.8 Å².